The van der Waals surface area contributed by atoms with Crippen LogP contribution in [0.15, 0.2) is 64.6 Å². The number of benzene rings is 2. The van der Waals surface area contributed by atoms with E-state index in [1.54, 1.807) is 54.6 Å². The Balaban J connectivity index is 1.82. The summed E-state index contributed by atoms with van der Waals surface area (Å²) < 4.78 is 10.8. The molecule has 5 nitrogen and oxygen atoms in total. The summed E-state index contributed by atoms with van der Waals surface area (Å²) in [7, 11) is 1.53. The monoisotopic (exact) mass is 412 g/mol. The van der Waals surface area contributed by atoms with Gasteiger partial charge in [0.2, 0.25) is 0 Å². The quantitative estimate of drug-likeness (QED) is 0.423. The van der Waals surface area contributed by atoms with Crippen molar-refractivity contribution in [2.45, 2.75) is 0 Å². The number of hydrogen-bond acceptors (Lipinski definition) is 4. The summed E-state index contributed by atoms with van der Waals surface area (Å²) in [6.45, 7) is 0. The fourth-order valence-electron chi connectivity index (χ4n) is 2.45. The van der Waals surface area contributed by atoms with Gasteiger partial charge in [0, 0.05) is 28.4 Å². The van der Waals surface area contributed by atoms with E-state index in [-0.39, 0.29) is 5.57 Å². The maximum absolute atomic E-state index is 12.4. The number of rotatable bonds is 5. The number of nitrogens with one attached hydrogen (secondary N) is 1. The summed E-state index contributed by atoms with van der Waals surface area (Å²) in [4.78, 5) is 12.4. The van der Waals surface area contributed by atoms with Gasteiger partial charge in [-0.25, -0.2) is 0 Å². The van der Waals surface area contributed by atoms with Crippen molar-refractivity contribution >= 4 is 40.9 Å². The minimum atomic E-state index is -0.557. The topological polar surface area (TPSA) is 75.3 Å². The first kappa shape index (κ1) is 19.6. The van der Waals surface area contributed by atoms with E-state index in [0.29, 0.717) is 38.6 Å². The zero-order valence-corrected chi connectivity index (χ0v) is 16.2. The highest BCUT2D eigenvalue weighted by Crippen LogP contribution is 2.32. The fraction of sp³-hybridized carbons (Fsp3) is 0.0476. The van der Waals surface area contributed by atoms with Crippen molar-refractivity contribution in [3.8, 4) is 23.1 Å². The van der Waals surface area contributed by atoms with Crippen molar-refractivity contribution in [3.05, 3.63) is 76.0 Å². The Bertz CT molecular complexity index is 1100. The van der Waals surface area contributed by atoms with E-state index >= 15 is 0 Å². The van der Waals surface area contributed by atoms with E-state index in [1.165, 1.54) is 13.2 Å². The zero-order valence-electron chi connectivity index (χ0n) is 14.7. The second-order valence-corrected chi connectivity index (χ2v) is 6.53. The van der Waals surface area contributed by atoms with Gasteiger partial charge in [-0.2, -0.15) is 5.26 Å². The molecule has 0 aliphatic rings. The van der Waals surface area contributed by atoms with Gasteiger partial charge in [0.1, 0.15) is 28.9 Å². The lowest BCUT2D eigenvalue weighted by molar-refractivity contribution is -0.112. The normalized spacial score (nSPS) is 11.0. The maximum Gasteiger partial charge on any atom is 0.266 e. The van der Waals surface area contributed by atoms with E-state index in [2.05, 4.69) is 5.32 Å². The molecule has 0 spiro atoms. The molecule has 2 aromatic carbocycles. The standard InChI is InChI=1S/C21H14Cl2N2O3/c1-27-16-4-2-3-15(11-16)25-21(26)13(12-24)9-17-6-8-20(28-17)18-7-5-14(22)10-19(18)23/h2-11H,1H3,(H,25,26)/b13-9+. The van der Waals surface area contributed by atoms with Crippen molar-refractivity contribution in [2.24, 2.45) is 0 Å². The predicted molar refractivity (Wildman–Crippen MR) is 109 cm³/mol. The number of hydrogen-bond donors (Lipinski definition) is 1. The SMILES string of the molecule is COc1cccc(NC(=O)/C(C#N)=C/c2ccc(-c3ccc(Cl)cc3Cl)o2)c1. The molecule has 1 amide bonds. The van der Waals surface area contributed by atoms with Crippen LogP contribution in [0.5, 0.6) is 5.75 Å². The number of carbonyl (C=O) groups is 1. The molecule has 0 aliphatic heterocycles. The van der Waals surface area contributed by atoms with Crippen molar-refractivity contribution in [3.63, 3.8) is 0 Å². The van der Waals surface area contributed by atoms with Crippen LogP contribution in [0.3, 0.4) is 0 Å². The second kappa shape index (κ2) is 8.66. The van der Waals surface area contributed by atoms with Crippen molar-refractivity contribution in [1.29, 1.82) is 5.26 Å². The first-order valence-corrected chi connectivity index (χ1v) is 8.88. The lowest BCUT2D eigenvalue weighted by Gasteiger charge is -2.06. The lowest BCUT2D eigenvalue weighted by atomic mass is 10.2. The average molecular weight is 413 g/mol. The zero-order chi connectivity index (χ0) is 20.1. The van der Waals surface area contributed by atoms with Crippen LogP contribution in [0.1, 0.15) is 5.76 Å². The van der Waals surface area contributed by atoms with Crippen LogP contribution in [-0.4, -0.2) is 13.0 Å². The minimum absolute atomic E-state index is 0.106. The number of ether oxygens (including phenoxy) is 1. The van der Waals surface area contributed by atoms with Crippen LogP contribution in [0, 0.1) is 11.3 Å². The summed E-state index contributed by atoms with van der Waals surface area (Å²) in [5.74, 6) is 0.880. The van der Waals surface area contributed by atoms with Gasteiger partial charge in [-0.1, -0.05) is 29.3 Å². The summed E-state index contributed by atoms with van der Waals surface area (Å²) in [5, 5.41) is 13.0. The molecule has 0 saturated heterocycles. The molecule has 3 rings (SSSR count). The summed E-state index contributed by atoms with van der Waals surface area (Å²) in [6.07, 6.45) is 1.36. The maximum atomic E-state index is 12.4. The molecule has 0 radical (unpaired) electrons. The molecule has 3 aromatic rings. The third-order valence-electron chi connectivity index (χ3n) is 3.80. The molecule has 1 heterocycles. The van der Waals surface area contributed by atoms with Gasteiger partial charge in [0.25, 0.3) is 5.91 Å². The highest BCUT2D eigenvalue weighted by molar-refractivity contribution is 6.36. The molecule has 0 saturated carbocycles. The Kier molecular flexibility index (Phi) is 6.05. The van der Waals surface area contributed by atoms with Gasteiger partial charge in [-0.05, 0) is 42.5 Å². The first-order valence-electron chi connectivity index (χ1n) is 8.12. The molecule has 0 fully saturated rings. The predicted octanol–water partition coefficient (Wildman–Crippen LogP) is 5.81. The molecule has 140 valence electrons. The third-order valence-corrected chi connectivity index (χ3v) is 4.35. The van der Waals surface area contributed by atoms with Crippen LogP contribution in [0.2, 0.25) is 10.0 Å². The largest absolute Gasteiger partial charge is 0.497 e. The Morgan fingerprint density at radius 3 is 2.71 bits per heavy atom. The third kappa shape index (κ3) is 4.55. The van der Waals surface area contributed by atoms with Crippen LogP contribution in [0.4, 0.5) is 5.69 Å². The van der Waals surface area contributed by atoms with Crippen molar-refractivity contribution in [2.75, 3.05) is 12.4 Å². The molecule has 0 aliphatic carbocycles. The Morgan fingerprint density at radius 2 is 2.00 bits per heavy atom. The Morgan fingerprint density at radius 1 is 1.18 bits per heavy atom. The van der Waals surface area contributed by atoms with Gasteiger partial charge in [0.15, 0.2) is 0 Å². The molecular weight excluding hydrogens is 399 g/mol. The van der Waals surface area contributed by atoms with E-state index in [9.17, 15) is 10.1 Å². The number of methoxy groups -OCH3 is 1. The Hall–Kier alpha value is -3.20. The molecule has 1 N–H and O–H groups in total. The second-order valence-electron chi connectivity index (χ2n) is 5.68. The van der Waals surface area contributed by atoms with Crippen molar-refractivity contribution in [1.82, 2.24) is 0 Å². The Labute approximate surface area is 171 Å². The van der Waals surface area contributed by atoms with Crippen LogP contribution < -0.4 is 10.1 Å². The molecule has 7 heteroatoms. The number of furan rings is 1. The van der Waals surface area contributed by atoms with E-state index in [1.807, 2.05) is 6.07 Å². The number of halogens is 2. The number of nitrogens with zero attached hydrogens (tertiary/aromatic N) is 1. The number of amides is 1. The van der Waals surface area contributed by atoms with Gasteiger partial charge < -0.3 is 14.5 Å². The molecule has 0 unspecified atom stereocenters. The number of anilines is 1. The number of carbonyl (C=O) groups excluding carboxylic acids is 1. The van der Waals surface area contributed by atoms with E-state index < -0.39 is 5.91 Å². The molecule has 0 bridgehead atoms. The van der Waals surface area contributed by atoms with Gasteiger partial charge in [-0.3, -0.25) is 4.79 Å². The molecule has 28 heavy (non-hydrogen) atoms. The summed E-state index contributed by atoms with van der Waals surface area (Å²) in [5.41, 5.74) is 1.06. The van der Waals surface area contributed by atoms with Crippen LogP contribution in [0.25, 0.3) is 17.4 Å². The lowest BCUT2D eigenvalue weighted by Crippen LogP contribution is -2.13. The van der Waals surface area contributed by atoms with Crippen LogP contribution >= 0.6 is 23.2 Å². The molecule has 0 atom stereocenters. The smallest absolute Gasteiger partial charge is 0.266 e. The summed E-state index contributed by atoms with van der Waals surface area (Å²) >= 11 is 12.1. The molecule has 1 aromatic heterocycles. The fourth-order valence-corrected chi connectivity index (χ4v) is 2.96. The highest BCUT2D eigenvalue weighted by atomic mass is 35.5. The van der Waals surface area contributed by atoms with Gasteiger partial charge in [-0.15, -0.1) is 0 Å². The van der Waals surface area contributed by atoms with E-state index in [4.69, 9.17) is 32.4 Å². The number of nitriles is 1. The summed E-state index contributed by atoms with van der Waals surface area (Å²) in [6, 6.07) is 17.1. The highest BCUT2D eigenvalue weighted by Gasteiger charge is 2.13. The first-order chi connectivity index (χ1) is 13.5. The van der Waals surface area contributed by atoms with Crippen molar-refractivity contribution < 1.29 is 13.9 Å². The van der Waals surface area contributed by atoms with Gasteiger partial charge >= 0.3 is 0 Å². The van der Waals surface area contributed by atoms with Gasteiger partial charge in [0.05, 0.1) is 12.1 Å². The van der Waals surface area contributed by atoms with E-state index in [0.717, 1.165) is 0 Å². The average Bonchev–Trinajstić information content (AvgIpc) is 3.14. The molecular formula is C21H14Cl2N2O3. The van der Waals surface area contributed by atoms with Crippen LogP contribution in [-0.2, 0) is 4.79 Å². The minimum Gasteiger partial charge on any atom is -0.497 e.